The fraction of sp³-hybridized carbons (Fsp3) is 0. The van der Waals surface area contributed by atoms with Gasteiger partial charge in [-0.3, -0.25) is 4.98 Å². The highest BCUT2D eigenvalue weighted by molar-refractivity contribution is 14.1. The van der Waals surface area contributed by atoms with Crippen LogP contribution < -0.4 is 5.73 Å². The maximum atomic E-state index is 10.5. The molecule has 1 aromatic heterocycles. The summed E-state index contributed by atoms with van der Waals surface area (Å²) in [6.45, 7) is 0. The zero-order valence-electron chi connectivity index (χ0n) is 5.41. The van der Waals surface area contributed by atoms with Crippen LogP contribution >= 0.6 is 22.6 Å². The molecule has 0 spiro atoms. The highest BCUT2D eigenvalue weighted by atomic mass is 127. The molecular weight excluding hydrogens is 259 g/mol. The molecule has 0 aliphatic carbocycles. The molecule has 0 atom stereocenters. The fourth-order valence-corrected chi connectivity index (χ4v) is 1.12. The summed E-state index contributed by atoms with van der Waals surface area (Å²) in [5.74, 6) is -1.01. The molecule has 5 heteroatoms. The lowest BCUT2D eigenvalue weighted by atomic mass is 10.3. The van der Waals surface area contributed by atoms with Gasteiger partial charge in [-0.1, -0.05) is 0 Å². The number of carbonyl (C=O) groups is 1. The van der Waals surface area contributed by atoms with Gasteiger partial charge in [-0.15, -0.1) is 0 Å². The van der Waals surface area contributed by atoms with Crippen LogP contribution in [0.2, 0.25) is 0 Å². The number of nitrogens with two attached hydrogens (primary N) is 1. The molecule has 4 nitrogen and oxygen atoms in total. The highest BCUT2D eigenvalue weighted by Crippen LogP contribution is 2.17. The molecule has 1 heterocycles. The van der Waals surface area contributed by atoms with Crippen LogP contribution in [-0.4, -0.2) is 16.1 Å². The van der Waals surface area contributed by atoms with E-state index in [9.17, 15) is 4.79 Å². The standard InChI is InChI=1S/C6H5IN2O2/c7-5-3(6(10)11)1-9-2-4(5)8/h1-2H,8H2,(H,10,11). The molecule has 0 fully saturated rings. The molecule has 1 aromatic rings. The van der Waals surface area contributed by atoms with E-state index in [4.69, 9.17) is 10.8 Å². The first-order chi connectivity index (χ1) is 5.13. The van der Waals surface area contributed by atoms with Gasteiger partial charge in [-0.05, 0) is 22.6 Å². The van der Waals surface area contributed by atoms with E-state index >= 15 is 0 Å². The van der Waals surface area contributed by atoms with Gasteiger partial charge in [0.1, 0.15) is 0 Å². The van der Waals surface area contributed by atoms with Crippen molar-refractivity contribution >= 4 is 34.2 Å². The van der Waals surface area contributed by atoms with Gasteiger partial charge in [-0.2, -0.15) is 0 Å². The summed E-state index contributed by atoms with van der Waals surface area (Å²) in [5, 5.41) is 8.59. The first-order valence-corrected chi connectivity index (χ1v) is 3.83. The minimum Gasteiger partial charge on any atom is -0.478 e. The Morgan fingerprint density at radius 2 is 2.27 bits per heavy atom. The quantitative estimate of drug-likeness (QED) is 0.741. The third kappa shape index (κ3) is 1.59. The van der Waals surface area contributed by atoms with E-state index in [1.54, 1.807) is 0 Å². The number of halogens is 1. The molecule has 3 N–H and O–H groups in total. The number of anilines is 1. The lowest BCUT2D eigenvalue weighted by Crippen LogP contribution is -2.03. The molecule has 1 rings (SSSR count). The maximum absolute atomic E-state index is 10.5. The van der Waals surface area contributed by atoms with E-state index in [-0.39, 0.29) is 5.56 Å². The largest absolute Gasteiger partial charge is 0.478 e. The number of aromatic carboxylic acids is 1. The van der Waals surface area contributed by atoms with Gasteiger partial charge in [0.15, 0.2) is 0 Å². The van der Waals surface area contributed by atoms with Crippen molar-refractivity contribution in [1.82, 2.24) is 4.98 Å². The lowest BCUT2D eigenvalue weighted by Gasteiger charge is -1.99. The van der Waals surface area contributed by atoms with Crippen LogP contribution in [0, 0.1) is 3.57 Å². The molecule has 0 amide bonds. The number of hydrogen-bond acceptors (Lipinski definition) is 3. The number of pyridine rings is 1. The maximum Gasteiger partial charge on any atom is 0.338 e. The molecule has 0 saturated heterocycles. The molecule has 11 heavy (non-hydrogen) atoms. The topological polar surface area (TPSA) is 76.2 Å². The molecule has 0 unspecified atom stereocenters. The van der Waals surface area contributed by atoms with Crippen LogP contribution in [0.3, 0.4) is 0 Å². The highest BCUT2D eigenvalue weighted by Gasteiger charge is 2.09. The van der Waals surface area contributed by atoms with Gasteiger partial charge < -0.3 is 10.8 Å². The number of aromatic nitrogens is 1. The SMILES string of the molecule is Nc1cncc(C(=O)O)c1I. The van der Waals surface area contributed by atoms with Gasteiger partial charge in [-0.25, -0.2) is 4.79 Å². The second-order valence-corrected chi connectivity index (χ2v) is 2.97. The Labute approximate surface area is 76.6 Å². The van der Waals surface area contributed by atoms with E-state index in [0.29, 0.717) is 9.26 Å². The Hall–Kier alpha value is -0.850. The van der Waals surface area contributed by atoms with Crippen molar-refractivity contribution in [3.05, 3.63) is 21.5 Å². The first-order valence-electron chi connectivity index (χ1n) is 2.75. The molecule has 0 aliphatic rings. The third-order valence-electron chi connectivity index (χ3n) is 1.14. The average Bonchev–Trinajstić information content (AvgIpc) is 1.94. The van der Waals surface area contributed by atoms with Crippen LogP contribution in [0.4, 0.5) is 5.69 Å². The van der Waals surface area contributed by atoms with E-state index < -0.39 is 5.97 Å². The van der Waals surface area contributed by atoms with Crippen LogP contribution in [0.5, 0.6) is 0 Å². The number of nitrogen functional groups attached to an aromatic ring is 1. The van der Waals surface area contributed by atoms with Gasteiger partial charge in [0.05, 0.1) is 21.0 Å². The minimum absolute atomic E-state index is 0.144. The van der Waals surface area contributed by atoms with Gasteiger partial charge in [0.2, 0.25) is 0 Å². The summed E-state index contributed by atoms with van der Waals surface area (Å²) in [5.41, 5.74) is 5.96. The average molecular weight is 264 g/mol. The summed E-state index contributed by atoms with van der Waals surface area (Å²) in [6.07, 6.45) is 2.70. The molecule has 0 aliphatic heterocycles. The molecule has 58 valence electrons. The van der Waals surface area contributed by atoms with Crippen molar-refractivity contribution in [1.29, 1.82) is 0 Å². The number of nitrogens with zero attached hydrogens (tertiary/aromatic N) is 1. The Morgan fingerprint density at radius 3 is 2.73 bits per heavy atom. The second-order valence-electron chi connectivity index (χ2n) is 1.90. The fourth-order valence-electron chi connectivity index (χ4n) is 0.610. The number of hydrogen-bond donors (Lipinski definition) is 2. The number of carboxylic acid groups (broad SMARTS) is 1. The Balaban J connectivity index is 3.27. The van der Waals surface area contributed by atoms with Crippen molar-refractivity contribution in [3.8, 4) is 0 Å². The molecule has 0 aromatic carbocycles. The smallest absolute Gasteiger partial charge is 0.338 e. The number of rotatable bonds is 1. The first kappa shape index (κ1) is 8.25. The van der Waals surface area contributed by atoms with E-state index in [2.05, 4.69) is 4.98 Å². The van der Waals surface area contributed by atoms with Crippen molar-refractivity contribution < 1.29 is 9.90 Å². The van der Waals surface area contributed by atoms with E-state index in [1.165, 1.54) is 12.4 Å². The normalized spacial score (nSPS) is 9.55. The summed E-state index contributed by atoms with van der Waals surface area (Å²) >= 11 is 1.87. The second kappa shape index (κ2) is 3.04. The van der Waals surface area contributed by atoms with E-state index in [1.807, 2.05) is 22.6 Å². The Bertz CT molecular complexity index is 301. The molecule has 0 saturated carbocycles. The van der Waals surface area contributed by atoms with Crippen molar-refractivity contribution in [2.24, 2.45) is 0 Å². The van der Waals surface area contributed by atoms with Gasteiger partial charge >= 0.3 is 5.97 Å². The van der Waals surface area contributed by atoms with E-state index in [0.717, 1.165) is 0 Å². The molecular formula is C6H5IN2O2. The van der Waals surface area contributed by atoms with Crippen molar-refractivity contribution in [2.45, 2.75) is 0 Å². The van der Waals surface area contributed by atoms with Crippen LogP contribution in [-0.2, 0) is 0 Å². The summed E-state index contributed by atoms with van der Waals surface area (Å²) < 4.78 is 0.533. The van der Waals surface area contributed by atoms with Gasteiger partial charge in [0, 0.05) is 6.20 Å². The monoisotopic (exact) mass is 264 g/mol. The number of carboxylic acids is 1. The van der Waals surface area contributed by atoms with Crippen molar-refractivity contribution in [3.63, 3.8) is 0 Å². The Morgan fingerprint density at radius 1 is 1.64 bits per heavy atom. The summed E-state index contributed by atoms with van der Waals surface area (Å²) in [4.78, 5) is 14.1. The van der Waals surface area contributed by atoms with Crippen LogP contribution in [0.1, 0.15) is 10.4 Å². The minimum atomic E-state index is -1.01. The predicted octanol–water partition coefficient (Wildman–Crippen LogP) is 0.967. The third-order valence-corrected chi connectivity index (χ3v) is 2.34. The summed E-state index contributed by atoms with van der Waals surface area (Å²) in [6, 6.07) is 0. The van der Waals surface area contributed by atoms with Gasteiger partial charge in [0.25, 0.3) is 0 Å². The molecule has 0 bridgehead atoms. The van der Waals surface area contributed by atoms with Crippen LogP contribution in [0.15, 0.2) is 12.4 Å². The zero-order valence-corrected chi connectivity index (χ0v) is 7.57. The van der Waals surface area contributed by atoms with Crippen LogP contribution in [0.25, 0.3) is 0 Å². The molecule has 0 radical (unpaired) electrons. The predicted molar refractivity (Wildman–Crippen MR) is 48.3 cm³/mol. The van der Waals surface area contributed by atoms with Crippen molar-refractivity contribution in [2.75, 3.05) is 5.73 Å². The lowest BCUT2D eigenvalue weighted by molar-refractivity contribution is 0.0695. The summed E-state index contributed by atoms with van der Waals surface area (Å²) in [7, 11) is 0. The zero-order chi connectivity index (χ0) is 8.43. The Kier molecular flexibility index (Phi) is 2.28.